The van der Waals surface area contributed by atoms with Gasteiger partial charge in [0, 0.05) is 29.9 Å². The summed E-state index contributed by atoms with van der Waals surface area (Å²) in [7, 11) is 0. The number of rotatable bonds is 3. The number of aromatic nitrogens is 1. The first-order chi connectivity index (χ1) is 7.83. The average molecular weight is 212 g/mol. The maximum Gasteiger partial charge on any atom is 0.252 e. The smallest absolute Gasteiger partial charge is 0.252 e. The van der Waals surface area contributed by atoms with Crippen molar-refractivity contribution in [1.29, 1.82) is 0 Å². The molecule has 0 saturated heterocycles. The number of carbonyl (C=O) groups excluding carboxylic acids is 1. The van der Waals surface area contributed by atoms with E-state index in [9.17, 15) is 4.79 Å². The quantitative estimate of drug-likeness (QED) is 0.792. The van der Waals surface area contributed by atoms with Crippen molar-refractivity contribution in [3.63, 3.8) is 0 Å². The van der Waals surface area contributed by atoms with Crippen molar-refractivity contribution in [2.24, 2.45) is 0 Å². The highest BCUT2D eigenvalue weighted by atomic mass is 16.1. The molecular formula is C13H12N2O. The van der Waals surface area contributed by atoms with Gasteiger partial charge in [-0.15, -0.1) is 6.58 Å². The van der Waals surface area contributed by atoms with E-state index in [0.717, 1.165) is 10.8 Å². The number of benzene rings is 1. The summed E-state index contributed by atoms with van der Waals surface area (Å²) in [4.78, 5) is 15.9. The summed E-state index contributed by atoms with van der Waals surface area (Å²) >= 11 is 0. The van der Waals surface area contributed by atoms with Crippen LogP contribution >= 0.6 is 0 Å². The lowest BCUT2D eigenvalue weighted by Gasteiger charge is -2.05. The van der Waals surface area contributed by atoms with Gasteiger partial charge in [0.25, 0.3) is 5.91 Å². The van der Waals surface area contributed by atoms with E-state index in [4.69, 9.17) is 0 Å². The fraction of sp³-hybridized carbons (Fsp3) is 0.0769. The van der Waals surface area contributed by atoms with Crippen LogP contribution in [0.4, 0.5) is 0 Å². The van der Waals surface area contributed by atoms with Crippen LogP contribution in [0, 0.1) is 0 Å². The van der Waals surface area contributed by atoms with Crippen LogP contribution in [-0.2, 0) is 0 Å². The van der Waals surface area contributed by atoms with Gasteiger partial charge in [0.15, 0.2) is 0 Å². The zero-order chi connectivity index (χ0) is 11.4. The summed E-state index contributed by atoms with van der Waals surface area (Å²) in [5.74, 6) is -0.0986. The van der Waals surface area contributed by atoms with Crippen molar-refractivity contribution in [1.82, 2.24) is 10.3 Å². The third-order valence-corrected chi connectivity index (χ3v) is 2.34. The van der Waals surface area contributed by atoms with E-state index in [2.05, 4.69) is 16.9 Å². The second-order valence-corrected chi connectivity index (χ2v) is 3.40. The van der Waals surface area contributed by atoms with E-state index < -0.39 is 0 Å². The molecule has 1 N–H and O–H groups in total. The molecule has 1 aromatic heterocycles. The molecule has 0 fully saturated rings. The number of carbonyl (C=O) groups is 1. The monoisotopic (exact) mass is 212 g/mol. The Hall–Kier alpha value is -2.16. The predicted octanol–water partition coefficient (Wildman–Crippen LogP) is 2.15. The number of fused-ring (bicyclic) bond motifs is 1. The van der Waals surface area contributed by atoms with Crippen molar-refractivity contribution < 1.29 is 4.79 Å². The maximum atomic E-state index is 11.8. The highest BCUT2D eigenvalue weighted by Crippen LogP contribution is 2.16. The lowest BCUT2D eigenvalue weighted by atomic mass is 10.1. The fourth-order valence-electron chi connectivity index (χ4n) is 1.57. The van der Waals surface area contributed by atoms with E-state index in [1.807, 2.05) is 18.2 Å². The zero-order valence-electron chi connectivity index (χ0n) is 8.81. The first-order valence-corrected chi connectivity index (χ1v) is 5.05. The highest BCUT2D eigenvalue weighted by Gasteiger charge is 2.08. The van der Waals surface area contributed by atoms with Crippen LogP contribution in [0.5, 0.6) is 0 Å². The van der Waals surface area contributed by atoms with Gasteiger partial charge in [-0.3, -0.25) is 9.78 Å². The van der Waals surface area contributed by atoms with E-state index >= 15 is 0 Å². The molecule has 0 aliphatic heterocycles. The van der Waals surface area contributed by atoms with E-state index in [-0.39, 0.29) is 5.91 Å². The van der Waals surface area contributed by atoms with Gasteiger partial charge in [-0.1, -0.05) is 18.2 Å². The lowest BCUT2D eigenvalue weighted by Crippen LogP contribution is -2.23. The Morgan fingerprint density at radius 1 is 1.44 bits per heavy atom. The Morgan fingerprint density at radius 3 is 3.12 bits per heavy atom. The van der Waals surface area contributed by atoms with Crippen LogP contribution in [0.25, 0.3) is 10.8 Å². The molecule has 2 rings (SSSR count). The van der Waals surface area contributed by atoms with Gasteiger partial charge >= 0.3 is 0 Å². The molecule has 80 valence electrons. The molecule has 1 amide bonds. The van der Waals surface area contributed by atoms with Gasteiger partial charge in [-0.2, -0.15) is 0 Å². The molecule has 1 aromatic carbocycles. The fourth-order valence-corrected chi connectivity index (χ4v) is 1.57. The molecule has 0 atom stereocenters. The minimum atomic E-state index is -0.0986. The Labute approximate surface area is 93.8 Å². The van der Waals surface area contributed by atoms with Crippen LogP contribution in [0.15, 0.2) is 49.3 Å². The molecule has 0 unspecified atom stereocenters. The minimum Gasteiger partial charge on any atom is -0.349 e. The van der Waals surface area contributed by atoms with Crippen LogP contribution < -0.4 is 5.32 Å². The third kappa shape index (κ3) is 1.93. The molecule has 0 spiro atoms. The van der Waals surface area contributed by atoms with Gasteiger partial charge in [0.1, 0.15) is 0 Å². The molecule has 16 heavy (non-hydrogen) atoms. The van der Waals surface area contributed by atoms with Crippen molar-refractivity contribution in [2.75, 3.05) is 6.54 Å². The van der Waals surface area contributed by atoms with E-state index in [0.29, 0.717) is 12.1 Å². The molecular weight excluding hydrogens is 200 g/mol. The molecule has 0 radical (unpaired) electrons. The standard InChI is InChI=1S/C13H12N2O/c1-2-7-15-13(16)11-5-3-4-10-6-8-14-9-12(10)11/h2-6,8-9H,1,7H2,(H,15,16). The predicted molar refractivity (Wildman–Crippen MR) is 64.3 cm³/mol. The number of amides is 1. The molecule has 2 aromatic rings. The number of pyridine rings is 1. The molecule has 3 nitrogen and oxygen atoms in total. The molecule has 3 heteroatoms. The molecule has 0 aliphatic carbocycles. The van der Waals surface area contributed by atoms with Crippen molar-refractivity contribution >= 4 is 16.7 Å². The van der Waals surface area contributed by atoms with Crippen LogP contribution in [0.3, 0.4) is 0 Å². The highest BCUT2D eigenvalue weighted by molar-refractivity contribution is 6.06. The first kappa shape index (κ1) is 10.4. The molecule has 0 bridgehead atoms. The summed E-state index contributed by atoms with van der Waals surface area (Å²) in [5, 5.41) is 4.64. The largest absolute Gasteiger partial charge is 0.349 e. The van der Waals surface area contributed by atoms with Crippen LogP contribution in [-0.4, -0.2) is 17.4 Å². The summed E-state index contributed by atoms with van der Waals surface area (Å²) in [6, 6.07) is 7.51. The Bertz CT molecular complexity index is 529. The summed E-state index contributed by atoms with van der Waals surface area (Å²) in [5.41, 5.74) is 0.646. The Balaban J connectivity index is 2.44. The van der Waals surface area contributed by atoms with Crippen LogP contribution in [0.2, 0.25) is 0 Å². The normalized spacial score (nSPS) is 10.0. The van der Waals surface area contributed by atoms with Gasteiger partial charge in [0.05, 0.1) is 0 Å². The van der Waals surface area contributed by atoms with Gasteiger partial charge in [-0.25, -0.2) is 0 Å². The van der Waals surface area contributed by atoms with E-state index in [1.165, 1.54) is 0 Å². The van der Waals surface area contributed by atoms with Crippen LogP contribution in [0.1, 0.15) is 10.4 Å². The maximum absolute atomic E-state index is 11.8. The SMILES string of the molecule is C=CCNC(=O)c1cccc2ccncc12. The molecule has 1 heterocycles. The molecule has 0 aliphatic rings. The van der Waals surface area contributed by atoms with Crippen molar-refractivity contribution in [3.8, 4) is 0 Å². The average Bonchev–Trinajstić information content (AvgIpc) is 2.35. The molecule has 0 saturated carbocycles. The first-order valence-electron chi connectivity index (χ1n) is 5.05. The van der Waals surface area contributed by atoms with E-state index in [1.54, 1.807) is 24.5 Å². The van der Waals surface area contributed by atoms with Gasteiger partial charge < -0.3 is 5.32 Å². The summed E-state index contributed by atoms with van der Waals surface area (Å²) in [6.45, 7) is 4.03. The number of nitrogens with one attached hydrogen (secondary N) is 1. The van der Waals surface area contributed by atoms with Gasteiger partial charge in [0.2, 0.25) is 0 Å². The summed E-state index contributed by atoms with van der Waals surface area (Å²) < 4.78 is 0. The minimum absolute atomic E-state index is 0.0986. The zero-order valence-corrected chi connectivity index (χ0v) is 8.81. The lowest BCUT2D eigenvalue weighted by molar-refractivity contribution is 0.0959. The number of hydrogen-bond acceptors (Lipinski definition) is 2. The number of hydrogen-bond donors (Lipinski definition) is 1. The van der Waals surface area contributed by atoms with Gasteiger partial charge in [-0.05, 0) is 17.5 Å². The topological polar surface area (TPSA) is 42.0 Å². The third-order valence-electron chi connectivity index (χ3n) is 2.34. The second kappa shape index (κ2) is 4.57. The Morgan fingerprint density at radius 2 is 2.31 bits per heavy atom. The number of nitrogens with zero attached hydrogens (tertiary/aromatic N) is 1. The van der Waals surface area contributed by atoms with Crippen molar-refractivity contribution in [2.45, 2.75) is 0 Å². The summed E-state index contributed by atoms with van der Waals surface area (Å²) in [6.07, 6.45) is 5.08. The van der Waals surface area contributed by atoms with Crippen molar-refractivity contribution in [3.05, 3.63) is 54.9 Å². The Kier molecular flexibility index (Phi) is 2.96. The second-order valence-electron chi connectivity index (χ2n) is 3.40.